The highest BCUT2D eigenvalue weighted by molar-refractivity contribution is 6.11. The summed E-state index contributed by atoms with van der Waals surface area (Å²) in [6.07, 6.45) is 3.66. The van der Waals surface area contributed by atoms with Gasteiger partial charge < -0.3 is 10.2 Å². The standard InChI is InChI=1S/C30H37F4N5O2/c1-18-16-39(17-19(2)37(18)3)27-14-25(31)22(20-8-10-38(11-9-20)21-6-4-5-7-21)12-26(27)36-29(41)23-15-35-28(40)13-24(23)30(32,33)34/h8,12-15,18-19,21,23H,4-7,9-11,16-17H2,1-3H3,(H,36,41)/t18-,19+,23?. The normalized spacial score (nSPS) is 26.8. The first-order valence-corrected chi connectivity index (χ1v) is 14.3. The van der Waals surface area contributed by atoms with Gasteiger partial charge in [-0.15, -0.1) is 0 Å². The first-order chi connectivity index (χ1) is 19.4. The summed E-state index contributed by atoms with van der Waals surface area (Å²) < 4.78 is 56.9. The SMILES string of the molecule is C[C@@H]1CN(c2cc(F)c(C3=CCN(C4CCCC4)CC3)cc2NC(=O)C2C=NC(=O)C=C2C(F)(F)F)C[C@H](C)N1C. The molecule has 3 atom stereocenters. The number of anilines is 2. The van der Waals surface area contributed by atoms with Crippen LogP contribution in [0.5, 0.6) is 0 Å². The van der Waals surface area contributed by atoms with Gasteiger partial charge in [-0.3, -0.25) is 19.4 Å². The monoisotopic (exact) mass is 575 g/mol. The third-order valence-corrected chi connectivity index (χ3v) is 9.05. The molecule has 1 aliphatic carbocycles. The Morgan fingerprint density at radius 1 is 1.10 bits per heavy atom. The van der Waals surface area contributed by atoms with E-state index in [9.17, 15) is 22.8 Å². The molecule has 1 saturated carbocycles. The van der Waals surface area contributed by atoms with Gasteiger partial charge in [-0.1, -0.05) is 18.9 Å². The Morgan fingerprint density at radius 3 is 2.39 bits per heavy atom. The highest BCUT2D eigenvalue weighted by atomic mass is 19.4. The lowest BCUT2D eigenvalue weighted by atomic mass is 9.94. The van der Waals surface area contributed by atoms with Gasteiger partial charge >= 0.3 is 6.18 Å². The van der Waals surface area contributed by atoms with Gasteiger partial charge in [-0.05, 0) is 57.9 Å². The van der Waals surface area contributed by atoms with Gasteiger partial charge in [0.05, 0.1) is 16.9 Å². The quantitative estimate of drug-likeness (QED) is 0.499. The van der Waals surface area contributed by atoms with Crippen LogP contribution >= 0.6 is 0 Å². The lowest BCUT2D eigenvalue weighted by Crippen LogP contribution is -2.55. The number of halogens is 4. The number of piperazine rings is 1. The van der Waals surface area contributed by atoms with Gasteiger partial charge in [0.15, 0.2) is 0 Å². The summed E-state index contributed by atoms with van der Waals surface area (Å²) in [5.41, 5.74) is 0.532. The molecular formula is C30H37F4N5O2. The van der Waals surface area contributed by atoms with E-state index < -0.39 is 35.3 Å². The number of alkyl halides is 3. The molecule has 0 spiro atoms. The maximum absolute atomic E-state index is 15.8. The predicted octanol–water partition coefficient (Wildman–Crippen LogP) is 5.04. The van der Waals surface area contributed by atoms with Crippen molar-refractivity contribution < 1.29 is 27.2 Å². The van der Waals surface area contributed by atoms with Crippen LogP contribution in [0.4, 0.5) is 28.9 Å². The van der Waals surface area contributed by atoms with Gasteiger partial charge in [0.25, 0.3) is 5.91 Å². The van der Waals surface area contributed by atoms with Crippen molar-refractivity contribution in [2.75, 3.05) is 43.4 Å². The molecule has 1 aromatic rings. The van der Waals surface area contributed by atoms with Crippen LogP contribution in [0.3, 0.4) is 0 Å². The second-order valence-corrected chi connectivity index (χ2v) is 11.7. The van der Waals surface area contributed by atoms with Crippen LogP contribution in [0.15, 0.2) is 34.9 Å². The number of carbonyl (C=O) groups excluding carboxylic acids is 2. The summed E-state index contributed by atoms with van der Waals surface area (Å²) in [6.45, 7) is 6.71. The lowest BCUT2D eigenvalue weighted by Gasteiger charge is -2.44. The molecule has 2 amide bonds. The largest absolute Gasteiger partial charge is 0.414 e. The molecule has 1 saturated heterocycles. The smallest absolute Gasteiger partial charge is 0.367 e. The Kier molecular flexibility index (Phi) is 8.39. The van der Waals surface area contributed by atoms with Crippen LogP contribution in [0.25, 0.3) is 5.57 Å². The average molecular weight is 576 g/mol. The van der Waals surface area contributed by atoms with Crippen molar-refractivity contribution in [3.63, 3.8) is 0 Å². The summed E-state index contributed by atoms with van der Waals surface area (Å²) in [4.78, 5) is 34.9. The van der Waals surface area contributed by atoms with Crippen LogP contribution < -0.4 is 10.2 Å². The van der Waals surface area contributed by atoms with E-state index >= 15 is 4.39 Å². The van der Waals surface area contributed by atoms with Gasteiger partial charge in [0.2, 0.25) is 5.91 Å². The van der Waals surface area contributed by atoms with E-state index in [1.165, 1.54) is 31.7 Å². The number of nitrogens with one attached hydrogen (secondary N) is 1. The van der Waals surface area contributed by atoms with E-state index in [4.69, 9.17) is 0 Å². The third-order valence-electron chi connectivity index (χ3n) is 9.05. The van der Waals surface area contributed by atoms with E-state index in [2.05, 4.69) is 20.1 Å². The Labute approximate surface area is 237 Å². The number of hydrogen-bond acceptors (Lipinski definition) is 5. The fourth-order valence-electron chi connectivity index (χ4n) is 6.47. The van der Waals surface area contributed by atoms with E-state index in [1.54, 1.807) is 6.07 Å². The molecule has 3 heterocycles. The van der Waals surface area contributed by atoms with Crippen molar-refractivity contribution in [3.8, 4) is 0 Å². The van der Waals surface area contributed by atoms with Gasteiger partial charge in [-0.25, -0.2) is 9.38 Å². The minimum Gasteiger partial charge on any atom is -0.367 e. The second-order valence-electron chi connectivity index (χ2n) is 11.7. The molecule has 1 aromatic carbocycles. The molecular weight excluding hydrogens is 538 g/mol. The van der Waals surface area contributed by atoms with Crippen molar-refractivity contribution in [1.29, 1.82) is 0 Å². The summed E-state index contributed by atoms with van der Waals surface area (Å²) in [6, 6.07) is 3.75. The van der Waals surface area contributed by atoms with Crippen LogP contribution in [0.1, 0.15) is 51.5 Å². The number of dihydropyridines is 1. The number of carbonyl (C=O) groups is 2. The minimum atomic E-state index is -4.89. The molecule has 3 aliphatic heterocycles. The zero-order chi connectivity index (χ0) is 29.5. The Hall–Kier alpha value is -3.05. The summed E-state index contributed by atoms with van der Waals surface area (Å²) in [5.74, 6) is -4.28. The molecule has 7 nitrogen and oxygen atoms in total. The molecule has 41 heavy (non-hydrogen) atoms. The van der Waals surface area contributed by atoms with Crippen molar-refractivity contribution in [3.05, 3.63) is 41.2 Å². The number of aliphatic imine (C=N–C) groups is 1. The Balaban J connectivity index is 1.48. The van der Waals surface area contributed by atoms with Crippen molar-refractivity contribution in [2.45, 2.75) is 70.3 Å². The van der Waals surface area contributed by atoms with Crippen LogP contribution in [0, 0.1) is 11.7 Å². The highest BCUT2D eigenvalue weighted by Crippen LogP contribution is 2.38. The average Bonchev–Trinajstić information content (AvgIpc) is 3.47. The molecule has 1 unspecified atom stereocenters. The molecule has 5 rings (SSSR count). The minimum absolute atomic E-state index is 0.129. The van der Waals surface area contributed by atoms with Crippen LogP contribution in [-0.4, -0.2) is 85.4 Å². The Morgan fingerprint density at radius 2 is 1.78 bits per heavy atom. The van der Waals surface area contributed by atoms with E-state index in [0.29, 0.717) is 49.4 Å². The van der Waals surface area contributed by atoms with Crippen molar-refractivity contribution in [1.82, 2.24) is 9.80 Å². The number of hydrogen-bond donors (Lipinski definition) is 1. The van der Waals surface area contributed by atoms with Crippen molar-refractivity contribution in [2.24, 2.45) is 10.9 Å². The fourth-order valence-corrected chi connectivity index (χ4v) is 6.47. The number of amides is 2. The van der Waals surface area contributed by atoms with E-state index in [0.717, 1.165) is 18.3 Å². The Bertz CT molecular complexity index is 1270. The van der Waals surface area contributed by atoms with Crippen LogP contribution in [-0.2, 0) is 9.59 Å². The molecule has 0 radical (unpaired) electrons. The molecule has 0 aromatic heterocycles. The highest BCUT2D eigenvalue weighted by Gasteiger charge is 2.43. The van der Waals surface area contributed by atoms with Crippen LogP contribution in [0.2, 0.25) is 0 Å². The summed E-state index contributed by atoms with van der Waals surface area (Å²) >= 11 is 0. The molecule has 2 fully saturated rings. The number of benzene rings is 1. The molecule has 4 aliphatic rings. The third kappa shape index (κ3) is 6.25. The maximum Gasteiger partial charge on any atom is 0.414 e. The summed E-state index contributed by atoms with van der Waals surface area (Å²) in [5, 5.41) is 2.65. The molecule has 1 N–H and O–H groups in total. The zero-order valence-electron chi connectivity index (χ0n) is 23.7. The lowest BCUT2D eigenvalue weighted by molar-refractivity contribution is -0.124. The molecule has 11 heteroatoms. The number of rotatable bonds is 5. The van der Waals surface area contributed by atoms with Gasteiger partial charge in [0, 0.05) is 62.2 Å². The first kappa shape index (κ1) is 29.4. The second kappa shape index (κ2) is 11.7. The van der Waals surface area contributed by atoms with Gasteiger partial charge in [-0.2, -0.15) is 13.2 Å². The van der Waals surface area contributed by atoms with Crippen molar-refractivity contribution >= 4 is 35.0 Å². The topological polar surface area (TPSA) is 68.2 Å². The molecule has 0 bridgehead atoms. The number of likely N-dealkylation sites (N-methyl/N-ethyl adjacent to an activating group) is 1. The first-order valence-electron chi connectivity index (χ1n) is 14.3. The number of nitrogens with zero attached hydrogens (tertiary/aromatic N) is 4. The fraction of sp³-hybridized carbons (Fsp3) is 0.567. The zero-order valence-corrected chi connectivity index (χ0v) is 23.7. The van der Waals surface area contributed by atoms with E-state index in [-0.39, 0.29) is 17.8 Å². The molecule has 222 valence electrons. The predicted molar refractivity (Wildman–Crippen MR) is 151 cm³/mol. The maximum atomic E-state index is 15.8. The summed E-state index contributed by atoms with van der Waals surface area (Å²) in [7, 11) is 2.01. The van der Waals surface area contributed by atoms with E-state index in [1.807, 2.05) is 31.9 Å². The van der Waals surface area contributed by atoms with Gasteiger partial charge in [0.1, 0.15) is 11.7 Å².